The molecule has 7 heteroatoms. The third-order valence-corrected chi connectivity index (χ3v) is 5.34. The van der Waals surface area contributed by atoms with Crippen LogP contribution in [0.15, 0.2) is 53.4 Å². The summed E-state index contributed by atoms with van der Waals surface area (Å²) in [5, 5.41) is 8.58. The zero-order chi connectivity index (χ0) is 17.7. The normalized spacial score (nSPS) is 11.1. The maximum absolute atomic E-state index is 12.8. The Morgan fingerprint density at radius 3 is 2.33 bits per heavy atom. The first-order valence-electron chi connectivity index (χ1n) is 7.37. The molecular formula is C17H19NO5S. The predicted molar refractivity (Wildman–Crippen MR) is 91.0 cm³/mol. The molecule has 0 amide bonds. The summed E-state index contributed by atoms with van der Waals surface area (Å²) in [5.41, 5.74) is 1.57. The van der Waals surface area contributed by atoms with Crippen LogP contribution in [0.1, 0.15) is 12.5 Å². The van der Waals surface area contributed by atoms with Crippen LogP contribution in [0.5, 0.6) is 5.75 Å². The quantitative estimate of drug-likeness (QED) is 0.830. The number of para-hydroxylation sites is 1. The average Bonchev–Trinajstić information content (AvgIpc) is 2.59. The predicted octanol–water partition coefficient (Wildman–Crippen LogP) is 2.54. The van der Waals surface area contributed by atoms with E-state index in [9.17, 15) is 13.2 Å². The Morgan fingerprint density at radius 2 is 1.75 bits per heavy atom. The highest BCUT2D eigenvalue weighted by molar-refractivity contribution is 7.92. The molecule has 0 aromatic heterocycles. The average molecular weight is 349 g/mol. The monoisotopic (exact) mass is 349 g/mol. The van der Waals surface area contributed by atoms with E-state index in [0.717, 1.165) is 12.0 Å². The minimum atomic E-state index is -3.71. The molecule has 0 bridgehead atoms. The highest BCUT2D eigenvalue weighted by Gasteiger charge is 2.22. The number of carbonyl (C=O) groups is 1. The number of anilines is 1. The summed E-state index contributed by atoms with van der Waals surface area (Å²) in [4.78, 5) is 10.6. The minimum absolute atomic E-state index is 0.110. The Morgan fingerprint density at radius 1 is 1.12 bits per heavy atom. The van der Waals surface area contributed by atoms with Gasteiger partial charge in [-0.3, -0.25) is 4.31 Å². The molecule has 128 valence electrons. The van der Waals surface area contributed by atoms with Crippen molar-refractivity contribution in [2.45, 2.75) is 18.2 Å². The van der Waals surface area contributed by atoms with Gasteiger partial charge in [-0.25, -0.2) is 13.2 Å². The Labute approximate surface area is 141 Å². The van der Waals surface area contributed by atoms with Gasteiger partial charge in [0.1, 0.15) is 5.75 Å². The van der Waals surface area contributed by atoms with Crippen LogP contribution in [0.2, 0.25) is 0 Å². The molecule has 6 nitrogen and oxygen atoms in total. The third-order valence-electron chi connectivity index (χ3n) is 3.56. The topological polar surface area (TPSA) is 83.9 Å². The molecule has 0 aliphatic carbocycles. The number of sulfonamides is 1. The summed E-state index contributed by atoms with van der Waals surface area (Å²) >= 11 is 0. The van der Waals surface area contributed by atoms with Gasteiger partial charge in [-0.05, 0) is 42.3 Å². The van der Waals surface area contributed by atoms with Gasteiger partial charge in [-0.1, -0.05) is 25.1 Å². The van der Waals surface area contributed by atoms with Crippen LogP contribution in [-0.4, -0.2) is 33.1 Å². The number of carboxylic acids is 1. The molecule has 0 aliphatic rings. The Kier molecular flexibility index (Phi) is 5.46. The van der Waals surface area contributed by atoms with E-state index in [-0.39, 0.29) is 4.90 Å². The third kappa shape index (κ3) is 3.86. The number of benzene rings is 2. The SMILES string of the molecule is CCc1ccccc1N(C)S(=O)(=O)c1ccc(OCC(=O)O)cc1. The zero-order valence-corrected chi connectivity index (χ0v) is 14.3. The van der Waals surface area contributed by atoms with Crippen LogP contribution in [0.4, 0.5) is 5.69 Å². The zero-order valence-electron chi connectivity index (χ0n) is 13.5. The number of aryl methyl sites for hydroxylation is 1. The van der Waals surface area contributed by atoms with Gasteiger partial charge in [0.05, 0.1) is 10.6 Å². The van der Waals surface area contributed by atoms with Crippen LogP contribution in [0.3, 0.4) is 0 Å². The largest absolute Gasteiger partial charge is 0.482 e. The molecule has 0 saturated heterocycles. The second-order valence-corrected chi connectivity index (χ2v) is 7.08. The van der Waals surface area contributed by atoms with E-state index in [1.54, 1.807) is 12.1 Å². The minimum Gasteiger partial charge on any atom is -0.482 e. The molecule has 1 N–H and O–H groups in total. The number of aliphatic carboxylic acids is 1. The number of rotatable bonds is 7. The first kappa shape index (κ1) is 17.8. The van der Waals surface area contributed by atoms with Gasteiger partial charge in [-0.15, -0.1) is 0 Å². The van der Waals surface area contributed by atoms with Crippen LogP contribution in [0, 0.1) is 0 Å². The molecule has 0 atom stereocenters. The smallest absolute Gasteiger partial charge is 0.341 e. The van der Waals surface area contributed by atoms with E-state index < -0.39 is 22.6 Å². The summed E-state index contributed by atoms with van der Waals surface area (Å²) in [6.07, 6.45) is 0.720. The highest BCUT2D eigenvalue weighted by Crippen LogP contribution is 2.26. The number of nitrogens with zero attached hydrogens (tertiary/aromatic N) is 1. The molecule has 0 fully saturated rings. The van der Waals surface area contributed by atoms with Crippen molar-refractivity contribution in [3.8, 4) is 5.75 Å². The maximum atomic E-state index is 12.8. The second-order valence-electron chi connectivity index (χ2n) is 5.11. The van der Waals surface area contributed by atoms with Crippen LogP contribution < -0.4 is 9.04 Å². The van der Waals surface area contributed by atoms with Crippen molar-refractivity contribution in [2.75, 3.05) is 18.0 Å². The van der Waals surface area contributed by atoms with E-state index in [1.807, 2.05) is 19.1 Å². The molecule has 2 aromatic rings. The maximum Gasteiger partial charge on any atom is 0.341 e. The lowest BCUT2D eigenvalue weighted by Gasteiger charge is -2.22. The number of ether oxygens (including phenoxy) is 1. The van der Waals surface area contributed by atoms with E-state index in [2.05, 4.69) is 0 Å². The fourth-order valence-electron chi connectivity index (χ4n) is 2.26. The Hall–Kier alpha value is -2.54. The van der Waals surface area contributed by atoms with Crippen molar-refractivity contribution >= 4 is 21.7 Å². The van der Waals surface area contributed by atoms with Crippen molar-refractivity contribution in [2.24, 2.45) is 0 Å². The van der Waals surface area contributed by atoms with Crippen molar-refractivity contribution in [3.63, 3.8) is 0 Å². The van der Waals surface area contributed by atoms with E-state index >= 15 is 0 Å². The molecule has 0 spiro atoms. The molecule has 0 saturated carbocycles. The lowest BCUT2D eigenvalue weighted by atomic mass is 10.1. The molecule has 24 heavy (non-hydrogen) atoms. The molecule has 2 aromatic carbocycles. The Balaban J connectivity index is 2.27. The summed E-state index contributed by atoms with van der Waals surface area (Å²) < 4.78 is 31.8. The van der Waals surface area contributed by atoms with Crippen LogP contribution >= 0.6 is 0 Å². The highest BCUT2D eigenvalue weighted by atomic mass is 32.2. The number of hydrogen-bond acceptors (Lipinski definition) is 4. The lowest BCUT2D eigenvalue weighted by molar-refractivity contribution is -0.139. The first-order valence-corrected chi connectivity index (χ1v) is 8.81. The molecule has 0 radical (unpaired) electrons. The lowest BCUT2D eigenvalue weighted by Crippen LogP contribution is -2.27. The molecule has 2 rings (SSSR count). The van der Waals surface area contributed by atoms with Crippen molar-refractivity contribution in [3.05, 3.63) is 54.1 Å². The summed E-state index contributed by atoms with van der Waals surface area (Å²) in [7, 11) is -2.20. The summed E-state index contributed by atoms with van der Waals surface area (Å²) in [6.45, 7) is 1.49. The Bertz CT molecular complexity index is 815. The van der Waals surface area contributed by atoms with Crippen molar-refractivity contribution < 1.29 is 23.1 Å². The molecule has 0 heterocycles. The van der Waals surface area contributed by atoms with Gasteiger partial charge in [0.25, 0.3) is 10.0 Å². The van der Waals surface area contributed by atoms with Gasteiger partial charge in [-0.2, -0.15) is 0 Å². The van der Waals surface area contributed by atoms with Gasteiger partial charge >= 0.3 is 5.97 Å². The van der Waals surface area contributed by atoms with Gasteiger partial charge in [0.15, 0.2) is 6.61 Å². The van der Waals surface area contributed by atoms with E-state index in [4.69, 9.17) is 9.84 Å². The van der Waals surface area contributed by atoms with Crippen LogP contribution in [0.25, 0.3) is 0 Å². The van der Waals surface area contributed by atoms with Crippen LogP contribution in [-0.2, 0) is 21.2 Å². The van der Waals surface area contributed by atoms with E-state index in [1.165, 1.54) is 35.6 Å². The first-order chi connectivity index (χ1) is 11.4. The standard InChI is InChI=1S/C17H19NO5S/c1-3-13-6-4-5-7-16(13)18(2)24(21,22)15-10-8-14(9-11-15)23-12-17(19)20/h4-11H,3,12H2,1-2H3,(H,19,20). The van der Waals surface area contributed by atoms with Crippen molar-refractivity contribution in [1.82, 2.24) is 0 Å². The molecule has 0 aliphatic heterocycles. The summed E-state index contributed by atoms with van der Waals surface area (Å²) in [6, 6.07) is 13.0. The van der Waals surface area contributed by atoms with Gasteiger partial charge in [0.2, 0.25) is 0 Å². The number of carboxylic acid groups (broad SMARTS) is 1. The second kappa shape index (κ2) is 7.35. The van der Waals surface area contributed by atoms with Gasteiger partial charge < -0.3 is 9.84 Å². The fourth-order valence-corrected chi connectivity index (χ4v) is 3.49. The fraction of sp³-hybridized carbons (Fsp3) is 0.235. The van der Waals surface area contributed by atoms with Gasteiger partial charge in [0, 0.05) is 7.05 Å². The van der Waals surface area contributed by atoms with Crippen molar-refractivity contribution in [1.29, 1.82) is 0 Å². The van der Waals surface area contributed by atoms with E-state index in [0.29, 0.717) is 11.4 Å². The molecule has 0 unspecified atom stereocenters. The summed E-state index contributed by atoms with van der Waals surface area (Å²) in [5.74, 6) is -0.796. The number of hydrogen-bond donors (Lipinski definition) is 1. The molecular weight excluding hydrogens is 330 g/mol.